The summed E-state index contributed by atoms with van der Waals surface area (Å²) in [6.45, 7) is 13.8. The molecule has 0 heterocycles. The van der Waals surface area contributed by atoms with Crippen LogP contribution in [0.25, 0.3) is 0 Å². The normalized spacial score (nSPS) is 13.6. The van der Waals surface area contributed by atoms with Gasteiger partial charge in [-0.05, 0) is 26.8 Å². The third kappa shape index (κ3) is 6.57. The average molecular weight is 173 g/mol. The summed E-state index contributed by atoms with van der Waals surface area (Å²) in [5.41, 5.74) is 0.297. The molecule has 0 atom stereocenters. The lowest BCUT2D eigenvalue weighted by Gasteiger charge is -2.33. The van der Waals surface area contributed by atoms with Crippen molar-refractivity contribution in [3.8, 4) is 0 Å². The highest BCUT2D eigenvalue weighted by atomic mass is 28.3. The van der Waals surface area contributed by atoms with Crippen LogP contribution >= 0.6 is 0 Å². The van der Waals surface area contributed by atoms with Crippen LogP contribution in [0.4, 0.5) is 0 Å². The Morgan fingerprint density at radius 1 is 1.18 bits per heavy atom. The second kappa shape index (κ2) is 3.72. The minimum atomic E-state index is -1.09. The summed E-state index contributed by atoms with van der Waals surface area (Å²) in [4.78, 5) is 3.74. The van der Waals surface area contributed by atoms with Gasteiger partial charge in [-0.3, -0.25) is 0 Å². The van der Waals surface area contributed by atoms with Gasteiger partial charge in [0.2, 0.25) is 0 Å². The highest BCUT2D eigenvalue weighted by Crippen LogP contribution is 2.13. The van der Waals surface area contributed by atoms with Crippen molar-refractivity contribution in [3.63, 3.8) is 0 Å². The van der Waals surface area contributed by atoms with Crippen LogP contribution < -0.4 is 4.98 Å². The molecular formula is C9H23NSi. The zero-order chi connectivity index (χ0) is 9.12. The molecule has 0 aliphatic rings. The highest BCUT2D eigenvalue weighted by molar-refractivity contribution is 6.75. The van der Waals surface area contributed by atoms with Crippen LogP contribution in [0.2, 0.25) is 19.1 Å². The van der Waals surface area contributed by atoms with Crippen molar-refractivity contribution in [2.75, 3.05) is 0 Å². The lowest BCUT2D eigenvalue weighted by molar-refractivity contribution is 0.510. The predicted octanol–water partition coefficient (Wildman–Crippen LogP) is 2.99. The molecule has 0 saturated carbocycles. The molecule has 0 radical (unpaired) electrons. The number of rotatable bonds is 3. The predicted molar refractivity (Wildman–Crippen MR) is 55.5 cm³/mol. The van der Waals surface area contributed by atoms with E-state index < -0.39 is 8.24 Å². The van der Waals surface area contributed by atoms with E-state index in [9.17, 15) is 0 Å². The van der Waals surface area contributed by atoms with E-state index in [1.54, 1.807) is 0 Å². The maximum atomic E-state index is 3.74. The van der Waals surface area contributed by atoms with Gasteiger partial charge in [-0.25, -0.2) is 0 Å². The molecule has 0 aromatic carbocycles. The van der Waals surface area contributed by atoms with E-state index in [1.165, 1.54) is 12.5 Å². The lowest BCUT2D eigenvalue weighted by atomic mass is 10.1. The van der Waals surface area contributed by atoms with Gasteiger partial charge in [-0.2, -0.15) is 0 Å². The van der Waals surface area contributed by atoms with Crippen LogP contribution in [-0.2, 0) is 0 Å². The molecule has 0 aromatic rings. The molecule has 2 heteroatoms. The lowest BCUT2D eigenvalue weighted by Crippen LogP contribution is -2.54. The molecule has 0 bridgehead atoms. The Labute approximate surface area is 72.7 Å². The Morgan fingerprint density at radius 3 is 1.91 bits per heavy atom. The molecule has 0 unspecified atom stereocenters. The average Bonchev–Trinajstić information content (AvgIpc) is 1.55. The first-order chi connectivity index (χ1) is 4.77. The van der Waals surface area contributed by atoms with E-state index in [-0.39, 0.29) is 0 Å². The summed E-state index contributed by atoms with van der Waals surface area (Å²) in [6, 6.07) is 1.38. The Hall–Kier alpha value is 0.177. The van der Waals surface area contributed by atoms with Crippen LogP contribution in [0.15, 0.2) is 0 Å². The first-order valence-corrected chi connectivity index (χ1v) is 7.77. The number of nitrogens with one attached hydrogen (secondary N) is 1. The van der Waals surface area contributed by atoms with Gasteiger partial charge in [-0.15, -0.1) is 0 Å². The summed E-state index contributed by atoms with van der Waals surface area (Å²) < 4.78 is 0. The summed E-state index contributed by atoms with van der Waals surface area (Å²) in [5, 5.41) is 0. The molecule has 0 aliphatic heterocycles. The van der Waals surface area contributed by atoms with Crippen molar-refractivity contribution in [3.05, 3.63) is 0 Å². The van der Waals surface area contributed by atoms with E-state index in [4.69, 9.17) is 0 Å². The maximum Gasteiger partial charge on any atom is 0.119 e. The fourth-order valence-corrected chi connectivity index (χ4v) is 5.11. The molecule has 0 amide bonds. The number of hydrogen-bond acceptors (Lipinski definition) is 1. The summed E-state index contributed by atoms with van der Waals surface area (Å²) in [7, 11) is -1.09. The maximum absolute atomic E-state index is 3.74. The summed E-state index contributed by atoms with van der Waals surface area (Å²) in [5.74, 6) is 0. The Balaban J connectivity index is 3.91. The van der Waals surface area contributed by atoms with Gasteiger partial charge < -0.3 is 4.98 Å². The zero-order valence-corrected chi connectivity index (χ0v) is 9.91. The van der Waals surface area contributed by atoms with Crippen LogP contribution in [0.5, 0.6) is 0 Å². The Bertz CT molecular complexity index is 113. The third-order valence-corrected chi connectivity index (χ3v) is 4.77. The van der Waals surface area contributed by atoms with E-state index in [2.05, 4.69) is 45.8 Å². The van der Waals surface area contributed by atoms with Gasteiger partial charge in [0.05, 0.1) is 0 Å². The molecular weight excluding hydrogens is 150 g/mol. The quantitative estimate of drug-likeness (QED) is 0.647. The van der Waals surface area contributed by atoms with Crippen molar-refractivity contribution in [1.82, 2.24) is 4.98 Å². The molecule has 68 valence electrons. The van der Waals surface area contributed by atoms with Crippen LogP contribution in [0, 0.1) is 0 Å². The first kappa shape index (κ1) is 11.2. The molecule has 0 spiro atoms. The number of hydrogen-bond donors (Lipinski definition) is 1. The van der Waals surface area contributed by atoms with E-state index >= 15 is 0 Å². The van der Waals surface area contributed by atoms with E-state index in [1.807, 2.05) is 0 Å². The van der Waals surface area contributed by atoms with Gasteiger partial charge in [-0.1, -0.05) is 26.4 Å². The largest absolute Gasteiger partial charge is 0.333 e. The molecule has 0 saturated heterocycles. The monoisotopic (exact) mass is 173 g/mol. The second-order valence-electron chi connectivity index (χ2n) is 5.01. The molecule has 1 N–H and O–H groups in total. The third-order valence-electron chi connectivity index (χ3n) is 1.59. The highest BCUT2D eigenvalue weighted by Gasteiger charge is 2.24. The molecule has 0 rings (SSSR count). The van der Waals surface area contributed by atoms with Crippen LogP contribution in [-0.4, -0.2) is 13.8 Å². The van der Waals surface area contributed by atoms with Gasteiger partial charge >= 0.3 is 0 Å². The fourth-order valence-electron chi connectivity index (χ4n) is 1.70. The second-order valence-corrected chi connectivity index (χ2v) is 9.53. The summed E-state index contributed by atoms with van der Waals surface area (Å²) in [6.07, 6.45) is 1.31. The molecule has 0 fully saturated rings. The van der Waals surface area contributed by atoms with Crippen molar-refractivity contribution in [2.45, 2.75) is 58.8 Å². The minimum absolute atomic E-state index is 0.297. The zero-order valence-electron chi connectivity index (χ0n) is 8.91. The molecule has 11 heavy (non-hydrogen) atoms. The van der Waals surface area contributed by atoms with E-state index in [0.29, 0.717) is 5.54 Å². The van der Waals surface area contributed by atoms with Gasteiger partial charge in [0.25, 0.3) is 0 Å². The van der Waals surface area contributed by atoms with Crippen LogP contribution in [0.3, 0.4) is 0 Å². The Morgan fingerprint density at radius 2 is 1.64 bits per heavy atom. The first-order valence-electron chi connectivity index (χ1n) is 4.56. The van der Waals surface area contributed by atoms with Crippen molar-refractivity contribution >= 4 is 8.24 Å². The van der Waals surface area contributed by atoms with Gasteiger partial charge in [0, 0.05) is 5.54 Å². The Kier molecular flexibility index (Phi) is 3.78. The van der Waals surface area contributed by atoms with Gasteiger partial charge in [0.1, 0.15) is 8.24 Å². The van der Waals surface area contributed by atoms with Crippen molar-refractivity contribution in [1.29, 1.82) is 0 Å². The molecule has 0 aromatic heterocycles. The smallest absolute Gasteiger partial charge is 0.119 e. The molecule has 1 nitrogen and oxygen atoms in total. The van der Waals surface area contributed by atoms with E-state index in [0.717, 1.165) is 0 Å². The molecule has 0 aliphatic carbocycles. The standard InChI is InChI=1S/C9H23NSi/c1-7-8-11(5,6)10-9(2,3)4/h10H,7-8H2,1-6H3. The topological polar surface area (TPSA) is 12.0 Å². The van der Waals surface area contributed by atoms with Gasteiger partial charge in [0.15, 0.2) is 0 Å². The summed E-state index contributed by atoms with van der Waals surface area (Å²) >= 11 is 0. The SMILES string of the molecule is CCC[Si](C)(C)NC(C)(C)C. The fraction of sp³-hybridized carbons (Fsp3) is 1.00. The van der Waals surface area contributed by atoms with Crippen LogP contribution in [0.1, 0.15) is 34.1 Å². The van der Waals surface area contributed by atoms with Crippen molar-refractivity contribution < 1.29 is 0 Å². The minimum Gasteiger partial charge on any atom is -0.333 e. The van der Waals surface area contributed by atoms with Crippen molar-refractivity contribution in [2.24, 2.45) is 0 Å².